The first-order valence-corrected chi connectivity index (χ1v) is 11.6. The molecule has 3 rings (SSSR count). The van der Waals surface area contributed by atoms with Crippen LogP contribution in [0.3, 0.4) is 0 Å². The zero-order chi connectivity index (χ0) is 22.2. The monoisotopic (exact) mass is 478 g/mol. The summed E-state index contributed by atoms with van der Waals surface area (Å²) in [5, 5.41) is 13.5. The number of hydrogen-bond acceptors (Lipinski definition) is 5. The van der Waals surface area contributed by atoms with E-state index in [9.17, 15) is 4.79 Å². The van der Waals surface area contributed by atoms with Gasteiger partial charge in [-0.25, -0.2) is 0 Å². The van der Waals surface area contributed by atoms with Crippen molar-refractivity contribution in [3.05, 3.63) is 64.1 Å². The molecule has 0 saturated heterocycles. The Morgan fingerprint density at radius 3 is 2.55 bits per heavy atom. The fourth-order valence-electron chi connectivity index (χ4n) is 3.12. The average molecular weight is 479 g/mol. The minimum Gasteiger partial charge on any atom is -0.385 e. The van der Waals surface area contributed by atoms with E-state index in [1.165, 1.54) is 11.8 Å². The van der Waals surface area contributed by atoms with E-state index in [2.05, 4.69) is 15.5 Å². The Kier molecular flexibility index (Phi) is 8.78. The molecule has 164 valence electrons. The Balaban J connectivity index is 1.71. The van der Waals surface area contributed by atoms with Crippen molar-refractivity contribution in [3.8, 4) is 11.4 Å². The molecule has 0 fully saturated rings. The molecule has 31 heavy (non-hydrogen) atoms. The second-order valence-corrected chi connectivity index (χ2v) is 8.64. The summed E-state index contributed by atoms with van der Waals surface area (Å²) in [6.07, 6.45) is 0.787. The first kappa shape index (κ1) is 23.6. The zero-order valence-corrected chi connectivity index (χ0v) is 19.7. The molecule has 1 unspecified atom stereocenters. The van der Waals surface area contributed by atoms with Crippen LogP contribution in [0.1, 0.15) is 24.9 Å². The summed E-state index contributed by atoms with van der Waals surface area (Å²) in [4.78, 5) is 12.5. The van der Waals surface area contributed by atoms with Crippen molar-refractivity contribution >= 4 is 40.9 Å². The van der Waals surface area contributed by atoms with E-state index in [1.54, 1.807) is 7.11 Å². The molecule has 0 radical (unpaired) electrons. The lowest BCUT2D eigenvalue weighted by molar-refractivity contribution is -0.119. The molecule has 0 saturated carbocycles. The predicted octanol–water partition coefficient (Wildman–Crippen LogP) is 5.26. The molecule has 3 aromatic rings. The number of benzene rings is 2. The summed E-state index contributed by atoms with van der Waals surface area (Å²) in [7, 11) is 1.67. The van der Waals surface area contributed by atoms with Gasteiger partial charge in [0.1, 0.15) is 0 Å². The van der Waals surface area contributed by atoms with Gasteiger partial charge >= 0.3 is 0 Å². The van der Waals surface area contributed by atoms with Gasteiger partial charge in [0.25, 0.3) is 0 Å². The quantitative estimate of drug-likeness (QED) is 0.318. The third-order valence-corrected chi connectivity index (χ3v) is 6.28. The van der Waals surface area contributed by atoms with E-state index in [4.69, 9.17) is 27.9 Å². The van der Waals surface area contributed by atoms with Crippen molar-refractivity contribution in [1.82, 2.24) is 20.1 Å². The van der Waals surface area contributed by atoms with Crippen molar-refractivity contribution in [2.75, 3.05) is 19.5 Å². The molecule has 0 spiro atoms. The number of ether oxygens (including phenoxy) is 1. The summed E-state index contributed by atoms with van der Waals surface area (Å²) in [6.45, 7) is 3.17. The molecular formula is C22H24Cl2N4O2S. The second kappa shape index (κ2) is 11.5. The van der Waals surface area contributed by atoms with E-state index < -0.39 is 0 Å². The summed E-state index contributed by atoms with van der Waals surface area (Å²) >= 11 is 13.9. The van der Waals surface area contributed by atoms with Crippen LogP contribution in [-0.4, -0.2) is 40.1 Å². The number of rotatable bonds is 10. The highest BCUT2D eigenvalue weighted by atomic mass is 35.5. The molecule has 0 aliphatic rings. The van der Waals surface area contributed by atoms with Crippen molar-refractivity contribution in [1.29, 1.82) is 0 Å². The topological polar surface area (TPSA) is 69.0 Å². The second-order valence-electron chi connectivity index (χ2n) is 6.88. The van der Waals surface area contributed by atoms with Gasteiger partial charge in [0, 0.05) is 30.8 Å². The van der Waals surface area contributed by atoms with E-state index in [0.29, 0.717) is 34.2 Å². The molecular weight excluding hydrogens is 455 g/mol. The smallest absolute Gasteiger partial charge is 0.230 e. The molecule has 6 nitrogen and oxygen atoms in total. The van der Waals surface area contributed by atoms with Crippen molar-refractivity contribution in [3.63, 3.8) is 0 Å². The number of nitrogens with zero attached hydrogens (tertiary/aromatic N) is 3. The highest BCUT2D eigenvalue weighted by Gasteiger charge is 2.18. The number of amides is 1. The van der Waals surface area contributed by atoms with Crippen LogP contribution in [0.25, 0.3) is 11.4 Å². The number of carbonyl (C=O) groups is 1. The SMILES string of the molecule is COCCCn1c(SCC(=O)NC(C)c2ccccc2Cl)nnc1-c1ccccc1Cl. The minimum atomic E-state index is -0.194. The lowest BCUT2D eigenvalue weighted by Crippen LogP contribution is -2.28. The molecule has 0 bridgehead atoms. The van der Waals surface area contributed by atoms with Crippen molar-refractivity contribution in [2.45, 2.75) is 31.1 Å². The normalized spacial score (nSPS) is 12.0. The van der Waals surface area contributed by atoms with Crippen LogP contribution in [0.15, 0.2) is 53.7 Å². The summed E-state index contributed by atoms with van der Waals surface area (Å²) in [5.41, 5.74) is 1.68. The lowest BCUT2D eigenvalue weighted by Gasteiger charge is -2.15. The van der Waals surface area contributed by atoms with E-state index >= 15 is 0 Å². The fourth-order valence-corrected chi connectivity index (χ4v) is 4.42. The van der Waals surface area contributed by atoms with Crippen molar-refractivity contribution < 1.29 is 9.53 Å². The van der Waals surface area contributed by atoms with Gasteiger partial charge in [0.05, 0.1) is 16.8 Å². The molecule has 1 amide bonds. The Morgan fingerprint density at radius 2 is 1.84 bits per heavy atom. The van der Waals surface area contributed by atoms with Gasteiger partial charge in [-0.2, -0.15) is 0 Å². The minimum absolute atomic E-state index is 0.108. The van der Waals surface area contributed by atoms with Gasteiger partial charge in [0.2, 0.25) is 5.91 Å². The Hall–Kier alpha value is -2.06. The summed E-state index contributed by atoms with van der Waals surface area (Å²) < 4.78 is 7.16. The maximum Gasteiger partial charge on any atom is 0.230 e. The maximum atomic E-state index is 12.5. The maximum absolute atomic E-state index is 12.5. The van der Waals surface area contributed by atoms with E-state index in [1.807, 2.05) is 60.0 Å². The third kappa shape index (κ3) is 6.23. The van der Waals surface area contributed by atoms with Crippen LogP contribution in [0, 0.1) is 0 Å². The number of hydrogen-bond donors (Lipinski definition) is 1. The molecule has 0 aliphatic heterocycles. The third-order valence-electron chi connectivity index (χ3n) is 4.64. The molecule has 1 N–H and O–H groups in total. The lowest BCUT2D eigenvalue weighted by atomic mass is 10.1. The first-order chi connectivity index (χ1) is 15.0. The molecule has 1 aromatic heterocycles. The number of carbonyl (C=O) groups excluding carboxylic acids is 1. The Labute approximate surface area is 196 Å². The molecule has 9 heteroatoms. The molecule has 1 atom stereocenters. The summed E-state index contributed by atoms with van der Waals surface area (Å²) in [6, 6.07) is 14.8. The highest BCUT2D eigenvalue weighted by Crippen LogP contribution is 2.29. The number of thioether (sulfide) groups is 1. The van der Waals surface area contributed by atoms with Crippen LogP contribution in [0.4, 0.5) is 0 Å². The van der Waals surface area contributed by atoms with Crippen LogP contribution < -0.4 is 5.32 Å². The Morgan fingerprint density at radius 1 is 1.13 bits per heavy atom. The molecule has 2 aromatic carbocycles. The predicted molar refractivity (Wildman–Crippen MR) is 126 cm³/mol. The largest absolute Gasteiger partial charge is 0.385 e. The van der Waals surface area contributed by atoms with Crippen LogP contribution >= 0.6 is 35.0 Å². The zero-order valence-electron chi connectivity index (χ0n) is 17.3. The fraction of sp³-hybridized carbons (Fsp3) is 0.318. The summed E-state index contributed by atoms with van der Waals surface area (Å²) in [5.74, 6) is 0.775. The van der Waals surface area contributed by atoms with Gasteiger partial charge in [-0.15, -0.1) is 10.2 Å². The molecule has 0 aliphatic carbocycles. The standard InChI is InChI=1S/C22H24Cl2N4O2S/c1-15(16-8-3-5-10-18(16)23)25-20(29)14-31-22-27-26-21(28(22)12-7-13-30-2)17-9-4-6-11-19(17)24/h3-6,8-11,15H,7,12-14H2,1-2H3,(H,25,29). The van der Waals surface area contributed by atoms with Gasteiger partial charge in [-0.05, 0) is 37.1 Å². The van der Waals surface area contributed by atoms with E-state index in [0.717, 1.165) is 17.5 Å². The van der Waals surface area contributed by atoms with Crippen LogP contribution in [-0.2, 0) is 16.1 Å². The van der Waals surface area contributed by atoms with Gasteiger partial charge in [-0.3, -0.25) is 4.79 Å². The Bertz CT molecular complexity index is 1030. The number of halogens is 2. The highest BCUT2D eigenvalue weighted by molar-refractivity contribution is 7.99. The first-order valence-electron chi connectivity index (χ1n) is 9.85. The average Bonchev–Trinajstić information content (AvgIpc) is 3.15. The van der Waals surface area contributed by atoms with Crippen molar-refractivity contribution in [2.24, 2.45) is 0 Å². The molecule has 1 heterocycles. The van der Waals surface area contributed by atoms with Gasteiger partial charge in [-0.1, -0.05) is 65.3 Å². The van der Waals surface area contributed by atoms with Crippen LogP contribution in [0.2, 0.25) is 10.0 Å². The van der Waals surface area contributed by atoms with E-state index in [-0.39, 0.29) is 17.7 Å². The van der Waals surface area contributed by atoms with Gasteiger partial charge < -0.3 is 14.6 Å². The van der Waals surface area contributed by atoms with Gasteiger partial charge in [0.15, 0.2) is 11.0 Å². The number of nitrogens with one attached hydrogen (secondary N) is 1. The van der Waals surface area contributed by atoms with Crippen LogP contribution in [0.5, 0.6) is 0 Å². The number of aromatic nitrogens is 3. The number of methoxy groups -OCH3 is 1.